The van der Waals surface area contributed by atoms with Crippen LogP contribution in [0.3, 0.4) is 0 Å². The molecule has 11 nitrogen and oxygen atoms in total. The van der Waals surface area contributed by atoms with Crippen LogP contribution in [0.1, 0.15) is 23.2 Å². The van der Waals surface area contributed by atoms with Gasteiger partial charge in [0.2, 0.25) is 17.8 Å². The summed E-state index contributed by atoms with van der Waals surface area (Å²) in [6.07, 6.45) is 1.37. The highest BCUT2D eigenvalue weighted by Crippen LogP contribution is 2.31. The molecule has 3 aromatic rings. The van der Waals surface area contributed by atoms with Gasteiger partial charge in [0.25, 0.3) is 5.91 Å². The zero-order valence-electron chi connectivity index (χ0n) is 18.8. The van der Waals surface area contributed by atoms with Gasteiger partial charge < -0.3 is 19.7 Å². The molecule has 0 atom stereocenters. The number of amides is 3. The monoisotopic (exact) mass is 464 g/mol. The lowest BCUT2D eigenvalue weighted by Crippen LogP contribution is -2.33. The summed E-state index contributed by atoms with van der Waals surface area (Å²) in [4.78, 5) is 42.4. The standard InChI is InChI=1S/C23H24N6O5/c1-33-16-9-10-17(18(12-16)34-2)21-26-23(28-27-21)25-19(30)13-24-22(32)14-5-7-15(8-6-14)29-11-3-4-20(29)31/h5-10,12H,3-4,11,13H2,1-2H3,(H,24,32)(H2,25,26,27,28,30). The molecule has 0 unspecified atom stereocenters. The van der Waals surface area contributed by atoms with Crippen LogP contribution in [0.5, 0.6) is 11.5 Å². The second-order valence-electron chi connectivity index (χ2n) is 7.50. The van der Waals surface area contributed by atoms with Crippen molar-refractivity contribution in [1.82, 2.24) is 20.5 Å². The number of anilines is 2. The lowest BCUT2D eigenvalue weighted by molar-refractivity contribution is -0.117. The Morgan fingerprint density at radius 3 is 2.59 bits per heavy atom. The van der Waals surface area contributed by atoms with E-state index in [0.717, 1.165) is 12.1 Å². The highest BCUT2D eigenvalue weighted by Gasteiger charge is 2.22. The van der Waals surface area contributed by atoms with Crippen LogP contribution >= 0.6 is 0 Å². The van der Waals surface area contributed by atoms with Crippen LogP contribution in [0.15, 0.2) is 42.5 Å². The van der Waals surface area contributed by atoms with Gasteiger partial charge >= 0.3 is 0 Å². The fourth-order valence-electron chi connectivity index (χ4n) is 3.58. The van der Waals surface area contributed by atoms with Crippen molar-refractivity contribution in [3.63, 3.8) is 0 Å². The van der Waals surface area contributed by atoms with Gasteiger partial charge in [0.15, 0.2) is 5.82 Å². The smallest absolute Gasteiger partial charge is 0.251 e. The van der Waals surface area contributed by atoms with Crippen molar-refractivity contribution in [1.29, 1.82) is 0 Å². The van der Waals surface area contributed by atoms with Crippen LogP contribution < -0.4 is 25.0 Å². The number of carbonyl (C=O) groups excluding carboxylic acids is 3. The molecule has 1 saturated heterocycles. The number of hydrogen-bond donors (Lipinski definition) is 3. The lowest BCUT2D eigenvalue weighted by atomic mass is 10.2. The molecule has 2 heterocycles. The maximum absolute atomic E-state index is 12.4. The van der Waals surface area contributed by atoms with Gasteiger partial charge in [-0.05, 0) is 42.8 Å². The molecule has 1 aliphatic heterocycles. The maximum Gasteiger partial charge on any atom is 0.251 e. The SMILES string of the molecule is COc1ccc(-c2nc(NC(=O)CNC(=O)c3ccc(N4CCCC4=O)cc3)n[nH]2)c(OC)c1. The molecule has 0 aliphatic carbocycles. The normalized spacial score (nSPS) is 13.0. The van der Waals surface area contributed by atoms with E-state index in [1.807, 2.05) is 0 Å². The van der Waals surface area contributed by atoms with Crippen LogP contribution in [-0.4, -0.2) is 60.2 Å². The first kappa shape index (κ1) is 22.8. The topological polar surface area (TPSA) is 139 Å². The van der Waals surface area contributed by atoms with Crippen molar-refractivity contribution in [3.8, 4) is 22.9 Å². The second kappa shape index (κ2) is 10.0. The quantitative estimate of drug-likeness (QED) is 0.463. The van der Waals surface area contributed by atoms with Gasteiger partial charge in [0, 0.05) is 30.3 Å². The summed E-state index contributed by atoms with van der Waals surface area (Å²) in [5.74, 6) is 0.800. The molecule has 0 radical (unpaired) electrons. The minimum atomic E-state index is -0.486. The molecule has 3 N–H and O–H groups in total. The number of aromatic amines is 1. The van der Waals surface area contributed by atoms with E-state index in [2.05, 4.69) is 25.8 Å². The Balaban J connectivity index is 1.32. The van der Waals surface area contributed by atoms with E-state index in [-0.39, 0.29) is 18.4 Å². The Labute approximate surface area is 195 Å². The summed E-state index contributed by atoms with van der Waals surface area (Å²) >= 11 is 0. The summed E-state index contributed by atoms with van der Waals surface area (Å²) in [5.41, 5.74) is 1.78. The maximum atomic E-state index is 12.4. The molecule has 2 aromatic carbocycles. The van der Waals surface area contributed by atoms with Crippen molar-refractivity contribution in [2.75, 3.05) is 37.5 Å². The Hall–Kier alpha value is -4.41. The molecule has 1 aliphatic rings. The minimum Gasteiger partial charge on any atom is -0.497 e. The van der Waals surface area contributed by atoms with Crippen molar-refractivity contribution in [2.24, 2.45) is 0 Å². The molecular formula is C23H24N6O5. The number of carbonyl (C=O) groups is 3. The van der Waals surface area contributed by atoms with Crippen LogP contribution in [0.2, 0.25) is 0 Å². The number of H-pyrrole nitrogens is 1. The third-order valence-electron chi connectivity index (χ3n) is 5.32. The predicted molar refractivity (Wildman–Crippen MR) is 124 cm³/mol. The minimum absolute atomic E-state index is 0.0618. The Morgan fingerprint density at radius 2 is 1.91 bits per heavy atom. The van der Waals surface area contributed by atoms with Crippen LogP contribution in [-0.2, 0) is 9.59 Å². The molecule has 0 saturated carbocycles. The van der Waals surface area contributed by atoms with Gasteiger partial charge in [0.1, 0.15) is 11.5 Å². The molecule has 1 aromatic heterocycles. The summed E-state index contributed by atoms with van der Waals surface area (Å²) < 4.78 is 10.5. The van der Waals surface area contributed by atoms with E-state index in [0.29, 0.717) is 41.4 Å². The second-order valence-corrected chi connectivity index (χ2v) is 7.50. The molecule has 11 heteroatoms. The number of ether oxygens (including phenoxy) is 2. The Kier molecular flexibility index (Phi) is 6.72. The number of hydrogen-bond acceptors (Lipinski definition) is 7. The van der Waals surface area contributed by atoms with Gasteiger partial charge in [-0.2, -0.15) is 4.98 Å². The summed E-state index contributed by atoms with van der Waals surface area (Å²) in [5, 5.41) is 11.8. The van der Waals surface area contributed by atoms with Crippen LogP contribution in [0.25, 0.3) is 11.4 Å². The lowest BCUT2D eigenvalue weighted by Gasteiger charge is -2.15. The van der Waals surface area contributed by atoms with E-state index < -0.39 is 11.8 Å². The number of nitrogens with one attached hydrogen (secondary N) is 3. The molecule has 4 rings (SSSR count). The number of aromatic nitrogens is 3. The molecule has 1 fully saturated rings. The number of methoxy groups -OCH3 is 2. The van der Waals surface area contributed by atoms with Gasteiger partial charge in [-0.3, -0.25) is 24.8 Å². The van der Waals surface area contributed by atoms with E-state index in [1.54, 1.807) is 54.5 Å². The largest absolute Gasteiger partial charge is 0.497 e. The predicted octanol–water partition coefficient (Wildman–Crippen LogP) is 1.98. The van der Waals surface area contributed by atoms with Gasteiger partial charge in [0.05, 0.1) is 26.3 Å². The van der Waals surface area contributed by atoms with E-state index >= 15 is 0 Å². The molecule has 176 valence electrons. The molecule has 3 amide bonds. The van der Waals surface area contributed by atoms with E-state index in [1.165, 1.54) is 7.11 Å². The highest BCUT2D eigenvalue weighted by atomic mass is 16.5. The fourth-order valence-corrected chi connectivity index (χ4v) is 3.58. The molecule has 0 spiro atoms. The van der Waals surface area contributed by atoms with Crippen LogP contribution in [0, 0.1) is 0 Å². The van der Waals surface area contributed by atoms with Crippen LogP contribution in [0.4, 0.5) is 11.6 Å². The highest BCUT2D eigenvalue weighted by molar-refractivity contribution is 6.00. The van der Waals surface area contributed by atoms with Crippen molar-refractivity contribution >= 4 is 29.4 Å². The zero-order chi connectivity index (χ0) is 24.1. The third-order valence-corrected chi connectivity index (χ3v) is 5.32. The molecular weight excluding hydrogens is 440 g/mol. The summed E-state index contributed by atoms with van der Waals surface area (Å²) in [7, 11) is 3.08. The fraction of sp³-hybridized carbons (Fsp3) is 0.261. The molecule has 0 bridgehead atoms. The zero-order valence-corrected chi connectivity index (χ0v) is 18.8. The average molecular weight is 464 g/mol. The summed E-state index contributed by atoms with van der Waals surface area (Å²) in [6.45, 7) is 0.416. The first-order chi connectivity index (χ1) is 16.5. The van der Waals surface area contributed by atoms with Gasteiger partial charge in [-0.25, -0.2) is 0 Å². The van der Waals surface area contributed by atoms with Crippen molar-refractivity contribution < 1.29 is 23.9 Å². The van der Waals surface area contributed by atoms with E-state index in [4.69, 9.17) is 9.47 Å². The number of benzene rings is 2. The van der Waals surface area contributed by atoms with Crippen molar-refractivity contribution in [2.45, 2.75) is 12.8 Å². The summed E-state index contributed by atoms with van der Waals surface area (Å²) in [6, 6.07) is 11.9. The first-order valence-electron chi connectivity index (χ1n) is 10.6. The first-order valence-corrected chi connectivity index (χ1v) is 10.6. The van der Waals surface area contributed by atoms with Crippen molar-refractivity contribution in [3.05, 3.63) is 48.0 Å². The van der Waals surface area contributed by atoms with E-state index in [9.17, 15) is 14.4 Å². The number of rotatable bonds is 8. The number of nitrogens with zero attached hydrogens (tertiary/aromatic N) is 3. The Morgan fingerprint density at radius 1 is 1.12 bits per heavy atom. The van der Waals surface area contributed by atoms with Gasteiger partial charge in [-0.15, -0.1) is 5.10 Å². The third kappa shape index (κ3) is 4.98. The molecule has 34 heavy (non-hydrogen) atoms. The average Bonchev–Trinajstić information content (AvgIpc) is 3.51. The van der Waals surface area contributed by atoms with Gasteiger partial charge in [-0.1, -0.05) is 0 Å². The Bertz CT molecular complexity index is 1210.